The predicted molar refractivity (Wildman–Crippen MR) is 131 cm³/mol. The molecule has 1 aliphatic heterocycles. The number of fused-ring (bicyclic) bond motifs is 2. The quantitative estimate of drug-likeness (QED) is 0.458. The summed E-state index contributed by atoms with van der Waals surface area (Å²) in [5, 5.41) is 5.05. The third kappa shape index (κ3) is 3.63. The van der Waals surface area contributed by atoms with Gasteiger partial charge in [-0.25, -0.2) is 0 Å². The molecule has 1 saturated heterocycles. The first-order valence-corrected chi connectivity index (χ1v) is 12.7. The molecular formula is C25H22N4O2S2. The SMILES string of the molecule is Cc1ccc(-c2sccc2C(=O)N2C[C@@H]3C[C@@H]3[C@H]2CNC(=O)c2cccc3nsnc23)cc1. The Kier molecular flexibility index (Phi) is 4.99. The van der Waals surface area contributed by atoms with Crippen molar-refractivity contribution in [3.63, 3.8) is 0 Å². The van der Waals surface area contributed by atoms with E-state index in [1.165, 1.54) is 5.56 Å². The lowest BCUT2D eigenvalue weighted by Gasteiger charge is -2.28. The van der Waals surface area contributed by atoms with Gasteiger partial charge in [-0.15, -0.1) is 11.3 Å². The zero-order valence-corrected chi connectivity index (χ0v) is 19.7. The van der Waals surface area contributed by atoms with E-state index in [2.05, 4.69) is 45.3 Å². The minimum absolute atomic E-state index is 0.0185. The lowest BCUT2D eigenvalue weighted by Crippen LogP contribution is -2.45. The van der Waals surface area contributed by atoms with E-state index in [1.54, 1.807) is 17.4 Å². The van der Waals surface area contributed by atoms with Gasteiger partial charge in [0.25, 0.3) is 11.8 Å². The van der Waals surface area contributed by atoms with Crippen LogP contribution in [0.15, 0.2) is 53.9 Å². The van der Waals surface area contributed by atoms with E-state index in [0.717, 1.165) is 46.2 Å². The molecule has 0 bridgehead atoms. The van der Waals surface area contributed by atoms with E-state index in [0.29, 0.717) is 29.5 Å². The first-order chi connectivity index (χ1) is 16.1. The van der Waals surface area contributed by atoms with Gasteiger partial charge in [0.05, 0.1) is 28.9 Å². The molecule has 0 spiro atoms. The number of piperidine rings is 1. The van der Waals surface area contributed by atoms with Crippen LogP contribution in [0.3, 0.4) is 0 Å². The molecule has 1 saturated carbocycles. The van der Waals surface area contributed by atoms with Crippen molar-refractivity contribution < 1.29 is 9.59 Å². The summed E-state index contributed by atoms with van der Waals surface area (Å²) in [5.74, 6) is 0.903. The summed E-state index contributed by atoms with van der Waals surface area (Å²) in [6, 6.07) is 15.7. The van der Waals surface area contributed by atoms with Crippen LogP contribution >= 0.6 is 23.1 Å². The monoisotopic (exact) mass is 474 g/mol. The molecule has 2 aromatic heterocycles. The highest BCUT2D eigenvalue weighted by atomic mass is 32.1. The number of nitrogens with zero attached hydrogens (tertiary/aromatic N) is 3. The molecule has 6 nitrogen and oxygen atoms in total. The second-order valence-corrected chi connectivity index (χ2v) is 10.3. The molecule has 4 aromatic rings. The summed E-state index contributed by atoms with van der Waals surface area (Å²) in [5.41, 5.74) is 4.91. The Balaban J connectivity index is 1.21. The summed E-state index contributed by atoms with van der Waals surface area (Å²) in [6.07, 6.45) is 1.13. The van der Waals surface area contributed by atoms with Crippen LogP contribution < -0.4 is 5.32 Å². The average molecular weight is 475 g/mol. The van der Waals surface area contributed by atoms with Crippen LogP contribution in [-0.2, 0) is 0 Å². The molecule has 8 heteroatoms. The summed E-state index contributed by atoms with van der Waals surface area (Å²) >= 11 is 2.70. The Labute approximate surface area is 199 Å². The van der Waals surface area contributed by atoms with Gasteiger partial charge in [0.2, 0.25) is 0 Å². The largest absolute Gasteiger partial charge is 0.350 e. The number of hydrogen-bond donors (Lipinski definition) is 1. The fourth-order valence-electron chi connectivity index (χ4n) is 4.91. The van der Waals surface area contributed by atoms with Crippen molar-refractivity contribution >= 4 is 45.9 Å². The van der Waals surface area contributed by atoms with Gasteiger partial charge in [-0.05, 0) is 54.3 Å². The van der Waals surface area contributed by atoms with Crippen LogP contribution in [-0.4, -0.2) is 44.6 Å². The fraction of sp³-hybridized carbons (Fsp3) is 0.280. The number of carbonyl (C=O) groups excluding carboxylic acids is 2. The highest BCUT2D eigenvalue weighted by molar-refractivity contribution is 7.14. The van der Waals surface area contributed by atoms with Gasteiger partial charge in [0.1, 0.15) is 11.0 Å². The number of benzene rings is 2. The van der Waals surface area contributed by atoms with Crippen molar-refractivity contribution in [2.45, 2.75) is 19.4 Å². The van der Waals surface area contributed by atoms with Crippen molar-refractivity contribution in [3.05, 3.63) is 70.6 Å². The Morgan fingerprint density at radius 3 is 2.79 bits per heavy atom. The van der Waals surface area contributed by atoms with Crippen LogP contribution in [0, 0.1) is 18.8 Å². The maximum atomic E-state index is 13.6. The summed E-state index contributed by atoms with van der Waals surface area (Å²) in [4.78, 5) is 29.5. The topological polar surface area (TPSA) is 75.2 Å². The zero-order valence-electron chi connectivity index (χ0n) is 18.0. The van der Waals surface area contributed by atoms with E-state index < -0.39 is 0 Å². The van der Waals surface area contributed by atoms with Gasteiger partial charge in [0, 0.05) is 18.0 Å². The zero-order chi connectivity index (χ0) is 22.5. The molecule has 1 N–H and O–H groups in total. The molecule has 166 valence electrons. The first-order valence-electron chi connectivity index (χ1n) is 11.0. The van der Waals surface area contributed by atoms with Crippen LogP contribution in [0.25, 0.3) is 21.5 Å². The van der Waals surface area contributed by atoms with Crippen LogP contribution in [0.1, 0.15) is 32.7 Å². The van der Waals surface area contributed by atoms with E-state index in [1.807, 2.05) is 28.5 Å². The highest BCUT2D eigenvalue weighted by Gasteiger charge is 2.54. The molecule has 2 aliphatic rings. The van der Waals surface area contributed by atoms with Crippen LogP contribution in [0.5, 0.6) is 0 Å². The lowest BCUT2D eigenvalue weighted by atomic mass is 10.1. The minimum atomic E-state index is -0.166. The van der Waals surface area contributed by atoms with Crippen LogP contribution in [0.2, 0.25) is 0 Å². The molecule has 1 aliphatic carbocycles. The smallest absolute Gasteiger partial charge is 0.255 e. The van der Waals surface area contributed by atoms with E-state index in [9.17, 15) is 9.59 Å². The molecule has 2 fully saturated rings. The minimum Gasteiger partial charge on any atom is -0.350 e. The second-order valence-electron chi connectivity index (χ2n) is 8.86. The second kappa shape index (κ2) is 8.04. The molecule has 2 aromatic carbocycles. The van der Waals surface area contributed by atoms with Gasteiger partial charge < -0.3 is 10.2 Å². The Morgan fingerprint density at radius 2 is 1.94 bits per heavy atom. The fourth-order valence-corrected chi connectivity index (χ4v) is 6.35. The predicted octanol–water partition coefficient (Wildman–Crippen LogP) is 4.62. The molecule has 3 atom stereocenters. The molecule has 3 heterocycles. The van der Waals surface area contributed by atoms with Crippen LogP contribution in [0.4, 0.5) is 0 Å². The highest BCUT2D eigenvalue weighted by Crippen LogP contribution is 2.50. The van der Waals surface area contributed by atoms with Gasteiger partial charge in [-0.1, -0.05) is 35.9 Å². The maximum Gasteiger partial charge on any atom is 0.255 e. The van der Waals surface area contributed by atoms with E-state index >= 15 is 0 Å². The third-order valence-electron chi connectivity index (χ3n) is 6.78. The first kappa shape index (κ1) is 20.5. The van der Waals surface area contributed by atoms with Crippen molar-refractivity contribution in [3.8, 4) is 10.4 Å². The molecular weight excluding hydrogens is 452 g/mol. The molecule has 0 radical (unpaired) electrons. The number of carbonyl (C=O) groups is 2. The van der Waals surface area contributed by atoms with Crippen molar-refractivity contribution in [2.75, 3.05) is 13.1 Å². The number of likely N-dealkylation sites (tertiary alicyclic amines) is 1. The lowest BCUT2D eigenvalue weighted by molar-refractivity contribution is 0.0696. The average Bonchev–Trinajstić information content (AvgIpc) is 3.20. The molecule has 2 amide bonds. The Morgan fingerprint density at radius 1 is 1.09 bits per heavy atom. The number of rotatable bonds is 5. The molecule has 0 unspecified atom stereocenters. The third-order valence-corrected chi connectivity index (χ3v) is 8.28. The summed E-state index contributed by atoms with van der Waals surface area (Å²) in [7, 11) is 0. The van der Waals surface area contributed by atoms with Gasteiger partial charge in [-0.3, -0.25) is 9.59 Å². The van der Waals surface area contributed by atoms with Crippen molar-refractivity contribution in [1.82, 2.24) is 19.0 Å². The Bertz CT molecular complexity index is 1360. The van der Waals surface area contributed by atoms with E-state index in [4.69, 9.17) is 0 Å². The maximum absolute atomic E-state index is 13.6. The van der Waals surface area contributed by atoms with Crippen molar-refractivity contribution in [2.24, 2.45) is 11.8 Å². The number of amides is 2. The summed E-state index contributed by atoms with van der Waals surface area (Å²) in [6.45, 7) is 3.27. The molecule has 6 rings (SSSR count). The number of nitrogens with one attached hydrogen (secondary N) is 1. The number of thiophene rings is 1. The van der Waals surface area contributed by atoms with Crippen molar-refractivity contribution in [1.29, 1.82) is 0 Å². The number of hydrogen-bond acceptors (Lipinski definition) is 6. The summed E-state index contributed by atoms with van der Waals surface area (Å²) < 4.78 is 8.49. The van der Waals surface area contributed by atoms with Gasteiger partial charge in [0.15, 0.2) is 0 Å². The standard InChI is InChI=1S/C25H22N4O2S2/c1-14-5-7-15(8-6-14)23-18(9-10-32-23)25(31)29-13-16-11-19(16)21(29)12-26-24(30)17-3-2-4-20-22(17)28-33-27-20/h2-10,16,19,21H,11-13H2,1H3,(H,26,30)/t16-,19-,21+/m0/s1. The van der Waals surface area contributed by atoms with Gasteiger partial charge in [-0.2, -0.15) is 8.75 Å². The Hall–Kier alpha value is -3.10. The normalized spacial score (nSPS) is 21.2. The number of aromatic nitrogens is 2. The number of aryl methyl sites for hydroxylation is 1. The molecule has 33 heavy (non-hydrogen) atoms. The van der Waals surface area contributed by atoms with E-state index in [-0.39, 0.29) is 17.9 Å². The van der Waals surface area contributed by atoms with Gasteiger partial charge >= 0.3 is 0 Å².